The van der Waals surface area contributed by atoms with Crippen molar-refractivity contribution in [3.63, 3.8) is 0 Å². The molecule has 3 heteroatoms. The number of hydrogen-bond donors (Lipinski definition) is 1. The van der Waals surface area contributed by atoms with Gasteiger partial charge in [-0.15, -0.1) is 0 Å². The van der Waals surface area contributed by atoms with E-state index in [1.807, 2.05) is 20.8 Å². The smallest absolute Gasteiger partial charge is 0.129 e. The zero-order valence-electron chi connectivity index (χ0n) is 9.21. The molecule has 15 heavy (non-hydrogen) atoms. The van der Waals surface area contributed by atoms with Crippen molar-refractivity contribution in [1.82, 2.24) is 5.32 Å². The fraction of sp³-hybridized carbons (Fsp3) is 0.417. The van der Waals surface area contributed by atoms with Crippen LogP contribution in [0.2, 0.25) is 0 Å². The molecular formula is C12H15FN2. The third-order valence-corrected chi connectivity index (χ3v) is 2.09. The highest BCUT2D eigenvalue weighted by Gasteiger charge is 2.15. The predicted octanol–water partition coefficient (Wildman–Crippen LogP) is 2.70. The van der Waals surface area contributed by atoms with Gasteiger partial charge in [-0.25, -0.2) is 4.39 Å². The van der Waals surface area contributed by atoms with E-state index in [4.69, 9.17) is 5.26 Å². The van der Waals surface area contributed by atoms with Crippen LogP contribution in [0.5, 0.6) is 0 Å². The van der Waals surface area contributed by atoms with Crippen molar-refractivity contribution in [2.75, 3.05) is 0 Å². The van der Waals surface area contributed by atoms with E-state index in [2.05, 4.69) is 11.4 Å². The lowest BCUT2D eigenvalue weighted by molar-refractivity contribution is 0.518. The molecule has 0 spiro atoms. The second-order valence-corrected chi connectivity index (χ2v) is 3.91. The topological polar surface area (TPSA) is 35.8 Å². The number of aryl methyl sites for hydroxylation is 1. The molecule has 1 N–H and O–H groups in total. The minimum absolute atomic E-state index is 0.148. The molecule has 0 bridgehead atoms. The van der Waals surface area contributed by atoms with Gasteiger partial charge in [-0.2, -0.15) is 5.26 Å². The van der Waals surface area contributed by atoms with Crippen molar-refractivity contribution >= 4 is 0 Å². The first-order valence-corrected chi connectivity index (χ1v) is 4.96. The van der Waals surface area contributed by atoms with E-state index in [1.54, 1.807) is 12.1 Å². The van der Waals surface area contributed by atoms with Crippen LogP contribution in [0.4, 0.5) is 4.39 Å². The lowest BCUT2D eigenvalue weighted by Crippen LogP contribution is -2.27. The monoisotopic (exact) mass is 206 g/mol. The Balaban J connectivity index is 3.02. The number of nitrogens with zero attached hydrogens (tertiary/aromatic N) is 1. The SMILES string of the molecule is Cc1ccc(F)c(C(C#N)NC(C)C)c1. The molecule has 0 heterocycles. The third kappa shape index (κ3) is 3.03. The Kier molecular flexibility index (Phi) is 3.81. The van der Waals surface area contributed by atoms with E-state index in [1.165, 1.54) is 6.07 Å². The summed E-state index contributed by atoms with van der Waals surface area (Å²) in [5.41, 5.74) is 1.38. The average Bonchev–Trinajstić information content (AvgIpc) is 2.18. The van der Waals surface area contributed by atoms with Gasteiger partial charge in [-0.1, -0.05) is 17.7 Å². The van der Waals surface area contributed by atoms with Crippen molar-refractivity contribution in [3.05, 3.63) is 35.1 Å². The number of rotatable bonds is 3. The van der Waals surface area contributed by atoms with Crippen LogP contribution >= 0.6 is 0 Å². The normalized spacial score (nSPS) is 12.5. The maximum atomic E-state index is 13.5. The quantitative estimate of drug-likeness (QED) is 0.825. The molecule has 1 atom stereocenters. The Bertz CT molecular complexity index is 380. The van der Waals surface area contributed by atoms with Gasteiger partial charge in [-0.3, -0.25) is 5.32 Å². The summed E-state index contributed by atoms with van der Waals surface area (Å²) in [5.74, 6) is -0.333. The standard InChI is InChI=1S/C12H15FN2/c1-8(2)15-12(7-14)10-6-9(3)4-5-11(10)13/h4-6,8,12,15H,1-3H3. The summed E-state index contributed by atoms with van der Waals surface area (Å²) < 4.78 is 13.5. The Morgan fingerprint density at radius 1 is 1.40 bits per heavy atom. The van der Waals surface area contributed by atoms with E-state index >= 15 is 0 Å². The van der Waals surface area contributed by atoms with Gasteiger partial charge in [0.2, 0.25) is 0 Å². The van der Waals surface area contributed by atoms with Crippen LogP contribution in [0.1, 0.15) is 31.0 Å². The molecule has 1 unspecified atom stereocenters. The van der Waals surface area contributed by atoms with Crippen LogP contribution in [-0.4, -0.2) is 6.04 Å². The summed E-state index contributed by atoms with van der Waals surface area (Å²) in [4.78, 5) is 0. The first kappa shape index (κ1) is 11.7. The molecule has 0 saturated heterocycles. The fourth-order valence-electron chi connectivity index (χ4n) is 1.41. The van der Waals surface area contributed by atoms with Gasteiger partial charge < -0.3 is 0 Å². The van der Waals surface area contributed by atoms with E-state index in [0.29, 0.717) is 5.56 Å². The van der Waals surface area contributed by atoms with Crippen molar-refractivity contribution in [2.45, 2.75) is 32.9 Å². The molecule has 0 amide bonds. The van der Waals surface area contributed by atoms with Crippen molar-refractivity contribution in [1.29, 1.82) is 5.26 Å². The zero-order chi connectivity index (χ0) is 11.4. The second-order valence-electron chi connectivity index (χ2n) is 3.91. The Morgan fingerprint density at radius 2 is 2.07 bits per heavy atom. The summed E-state index contributed by atoms with van der Waals surface area (Å²) in [7, 11) is 0. The summed E-state index contributed by atoms with van der Waals surface area (Å²) in [6.45, 7) is 5.74. The molecule has 0 radical (unpaired) electrons. The van der Waals surface area contributed by atoms with E-state index in [0.717, 1.165) is 5.56 Å². The highest BCUT2D eigenvalue weighted by Crippen LogP contribution is 2.18. The number of halogens is 1. The molecule has 2 nitrogen and oxygen atoms in total. The first-order chi connectivity index (χ1) is 7.04. The zero-order valence-corrected chi connectivity index (χ0v) is 9.21. The summed E-state index contributed by atoms with van der Waals surface area (Å²) in [6, 6.07) is 6.44. The van der Waals surface area contributed by atoms with Gasteiger partial charge in [0, 0.05) is 11.6 Å². The van der Waals surface area contributed by atoms with Gasteiger partial charge >= 0.3 is 0 Å². The average molecular weight is 206 g/mol. The Morgan fingerprint density at radius 3 is 2.60 bits per heavy atom. The second kappa shape index (κ2) is 4.90. The number of benzene rings is 1. The molecule has 80 valence electrons. The van der Waals surface area contributed by atoms with Gasteiger partial charge in [-0.05, 0) is 26.8 Å². The van der Waals surface area contributed by atoms with E-state index in [9.17, 15) is 4.39 Å². The first-order valence-electron chi connectivity index (χ1n) is 4.96. The molecule has 0 aliphatic rings. The Labute approximate surface area is 89.7 Å². The van der Waals surface area contributed by atoms with Gasteiger partial charge in [0.15, 0.2) is 0 Å². The molecule has 1 rings (SSSR count). The summed E-state index contributed by atoms with van der Waals surface area (Å²) in [5, 5.41) is 12.0. The fourth-order valence-corrected chi connectivity index (χ4v) is 1.41. The molecule has 0 aromatic heterocycles. The summed E-state index contributed by atoms with van der Waals surface area (Å²) >= 11 is 0. The van der Waals surface area contributed by atoms with Gasteiger partial charge in [0.25, 0.3) is 0 Å². The number of nitrogens with one attached hydrogen (secondary N) is 1. The van der Waals surface area contributed by atoms with Crippen molar-refractivity contribution in [3.8, 4) is 6.07 Å². The summed E-state index contributed by atoms with van der Waals surface area (Å²) in [6.07, 6.45) is 0. The van der Waals surface area contributed by atoms with Crippen LogP contribution in [0, 0.1) is 24.1 Å². The molecular weight excluding hydrogens is 191 g/mol. The highest BCUT2D eigenvalue weighted by atomic mass is 19.1. The lowest BCUT2D eigenvalue weighted by Gasteiger charge is -2.15. The van der Waals surface area contributed by atoms with Gasteiger partial charge in [0.05, 0.1) is 6.07 Å². The molecule has 1 aromatic rings. The maximum absolute atomic E-state index is 13.5. The minimum atomic E-state index is -0.579. The minimum Gasteiger partial charge on any atom is -0.296 e. The molecule has 0 aliphatic heterocycles. The maximum Gasteiger partial charge on any atom is 0.129 e. The largest absolute Gasteiger partial charge is 0.296 e. The number of nitriles is 1. The van der Waals surface area contributed by atoms with E-state index < -0.39 is 6.04 Å². The molecule has 0 aliphatic carbocycles. The van der Waals surface area contributed by atoms with Crippen molar-refractivity contribution in [2.24, 2.45) is 0 Å². The van der Waals surface area contributed by atoms with Crippen LogP contribution in [-0.2, 0) is 0 Å². The molecule has 1 aromatic carbocycles. The van der Waals surface area contributed by atoms with Crippen LogP contribution in [0.25, 0.3) is 0 Å². The van der Waals surface area contributed by atoms with Gasteiger partial charge in [0.1, 0.15) is 11.9 Å². The van der Waals surface area contributed by atoms with Crippen molar-refractivity contribution < 1.29 is 4.39 Å². The lowest BCUT2D eigenvalue weighted by atomic mass is 10.0. The highest BCUT2D eigenvalue weighted by molar-refractivity contribution is 5.30. The van der Waals surface area contributed by atoms with Crippen LogP contribution < -0.4 is 5.32 Å². The van der Waals surface area contributed by atoms with E-state index in [-0.39, 0.29) is 11.9 Å². The predicted molar refractivity (Wildman–Crippen MR) is 57.8 cm³/mol. The number of hydrogen-bond acceptors (Lipinski definition) is 2. The third-order valence-electron chi connectivity index (χ3n) is 2.09. The molecule has 0 fully saturated rings. The van der Waals surface area contributed by atoms with Crippen LogP contribution in [0.15, 0.2) is 18.2 Å². The molecule has 0 saturated carbocycles. The Hall–Kier alpha value is -1.40. The van der Waals surface area contributed by atoms with Crippen LogP contribution in [0.3, 0.4) is 0 Å².